The number of nitrogens with one attached hydrogen (secondary N) is 1. The van der Waals surface area contributed by atoms with Gasteiger partial charge in [0.2, 0.25) is 5.91 Å². The highest BCUT2D eigenvalue weighted by Crippen LogP contribution is 2.12. The molecule has 0 atom stereocenters. The lowest BCUT2D eigenvalue weighted by atomic mass is 10.1. The van der Waals surface area contributed by atoms with Crippen LogP contribution in [0.15, 0.2) is 48.5 Å². The third kappa shape index (κ3) is 6.12. The molecule has 2 amide bonds. The van der Waals surface area contributed by atoms with E-state index in [1.165, 1.54) is 4.90 Å². The summed E-state index contributed by atoms with van der Waals surface area (Å²) in [6.45, 7) is 0.444. The molecule has 25 heavy (non-hydrogen) atoms. The Morgan fingerprint density at radius 2 is 1.68 bits per heavy atom. The third-order valence-corrected chi connectivity index (χ3v) is 3.77. The lowest BCUT2D eigenvalue weighted by molar-refractivity contribution is -0.121. The average Bonchev–Trinajstić information content (AvgIpc) is 2.59. The van der Waals surface area contributed by atoms with E-state index < -0.39 is 0 Å². The van der Waals surface area contributed by atoms with Crippen molar-refractivity contribution in [1.82, 2.24) is 10.2 Å². The number of hydrogen-bond donors (Lipinski definition) is 2. The number of hydrogen-bond acceptors (Lipinski definition) is 3. The molecule has 3 N–H and O–H groups in total. The van der Waals surface area contributed by atoms with Crippen LogP contribution in [0.1, 0.15) is 27.9 Å². The minimum Gasteiger partial charge on any atom is -0.399 e. The van der Waals surface area contributed by atoms with E-state index in [4.69, 9.17) is 5.73 Å². The summed E-state index contributed by atoms with van der Waals surface area (Å²) in [5.41, 5.74) is 9.16. The molecule has 0 radical (unpaired) electrons. The lowest BCUT2D eigenvalue weighted by Gasteiger charge is -2.11. The monoisotopic (exact) mass is 361 g/mol. The molecule has 0 bridgehead atoms. The fourth-order valence-electron chi connectivity index (χ4n) is 2.32. The summed E-state index contributed by atoms with van der Waals surface area (Å²) in [5, 5.41) is 2.89. The molecule has 6 heteroatoms. The zero-order valence-electron chi connectivity index (χ0n) is 14.5. The molecular formula is C19H24ClN3O2. The van der Waals surface area contributed by atoms with Gasteiger partial charge in [-0.05, 0) is 35.7 Å². The summed E-state index contributed by atoms with van der Waals surface area (Å²) in [4.78, 5) is 25.3. The van der Waals surface area contributed by atoms with Gasteiger partial charge in [-0.15, -0.1) is 12.4 Å². The Labute approximate surface area is 154 Å². The molecule has 0 aliphatic heterocycles. The fourth-order valence-corrected chi connectivity index (χ4v) is 2.32. The number of anilines is 1. The van der Waals surface area contributed by atoms with Crippen LogP contribution in [-0.2, 0) is 17.8 Å². The van der Waals surface area contributed by atoms with Crippen LogP contribution in [0.25, 0.3) is 0 Å². The second kappa shape index (κ2) is 9.69. The Bertz CT molecular complexity index is 715. The summed E-state index contributed by atoms with van der Waals surface area (Å²) in [6, 6.07) is 14.8. The molecule has 2 aromatic rings. The SMILES string of the molecule is CN(C)C(=O)c1ccc(CNC(=O)CCc2ccccc2N)cc1.Cl. The van der Waals surface area contributed by atoms with Crippen molar-refractivity contribution < 1.29 is 9.59 Å². The quantitative estimate of drug-likeness (QED) is 0.776. The van der Waals surface area contributed by atoms with Gasteiger partial charge in [0.15, 0.2) is 0 Å². The van der Waals surface area contributed by atoms with Gasteiger partial charge in [0.1, 0.15) is 0 Å². The standard InChI is InChI=1S/C19H23N3O2.ClH/c1-22(2)19(24)16-9-7-14(8-10-16)13-21-18(23)12-11-15-5-3-4-6-17(15)20;/h3-10H,11-13,20H2,1-2H3,(H,21,23);1H. The van der Waals surface area contributed by atoms with E-state index >= 15 is 0 Å². The van der Waals surface area contributed by atoms with Crippen LogP contribution in [0.5, 0.6) is 0 Å². The Hall–Kier alpha value is -2.53. The van der Waals surface area contributed by atoms with Gasteiger partial charge < -0.3 is 16.0 Å². The zero-order valence-corrected chi connectivity index (χ0v) is 15.3. The van der Waals surface area contributed by atoms with Crippen LogP contribution in [0, 0.1) is 0 Å². The smallest absolute Gasteiger partial charge is 0.253 e. The lowest BCUT2D eigenvalue weighted by Crippen LogP contribution is -2.23. The van der Waals surface area contributed by atoms with Crippen molar-refractivity contribution >= 4 is 29.9 Å². The Balaban J connectivity index is 0.00000312. The number of benzene rings is 2. The van der Waals surface area contributed by atoms with E-state index in [0.717, 1.165) is 11.1 Å². The van der Waals surface area contributed by atoms with Crippen molar-refractivity contribution in [3.05, 3.63) is 65.2 Å². The predicted octanol–water partition coefficient (Wildman–Crippen LogP) is 2.64. The molecule has 0 saturated heterocycles. The molecular weight excluding hydrogens is 338 g/mol. The molecule has 134 valence electrons. The first-order chi connectivity index (χ1) is 11.5. The van der Waals surface area contributed by atoms with E-state index in [0.29, 0.717) is 30.6 Å². The van der Waals surface area contributed by atoms with Crippen molar-refractivity contribution in [2.24, 2.45) is 0 Å². The van der Waals surface area contributed by atoms with E-state index in [1.807, 2.05) is 36.4 Å². The van der Waals surface area contributed by atoms with Gasteiger partial charge in [-0.25, -0.2) is 0 Å². The maximum atomic E-state index is 12.0. The molecule has 0 aromatic heterocycles. The topological polar surface area (TPSA) is 75.4 Å². The molecule has 2 aromatic carbocycles. The maximum Gasteiger partial charge on any atom is 0.253 e. The summed E-state index contributed by atoms with van der Waals surface area (Å²) in [7, 11) is 3.44. The number of nitrogens with two attached hydrogens (primary N) is 1. The molecule has 0 heterocycles. The minimum absolute atomic E-state index is 0. The van der Waals surface area contributed by atoms with Crippen molar-refractivity contribution in [3.8, 4) is 0 Å². The molecule has 0 saturated carbocycles. The Morgan fingerprint density at radius 3 is 2.28 bits per heavy atom. The Kier molecular flexibility index (Phi) is 7.95. The maximum absolute atomic E-state index is 12.0. The molecule has 0 unspecified atom stereocenters. The minimum atomic E-state index is -0.0361. The largest absolute Gasteiger partial charge is 0.399 e. The second-order valence-electron chi connectivity index (χ2n) is 5.87. The number of nitrogens with zero attached hydrogens (tertiary/aromatic N) is 1. The number of aryl methyl sites for hydroxylation is 1. The molecule has 2 rings (SSSR count). The van der Waals surface area contributed by atoms with Crippen LogP contribution in [0.3, 0.4) is 0 Å². The van der Waals surface area contributed by atoms with Crippen molar-refractivity contribution in [2.45, 2.75) is 19.4 Å². The number of carbonyl (C=O) groups excluding carboxylic acids is 2. The molecule has 0 aliphatic carbocycles. The first-order valence-corrected chi connectivity index (χ1v) is 7.88. The highest BCUT2D eigenvalue weighted by atomic mass is 35.5. The van der Waals surface area contributed by atoms with Crippen LogP contribution in [0.2, 0.25) is 0 Å². The molecule has 5 nitrogen and oxygen atoms in total. The van der Waals surface area contributed by atoms with Gasteiger partial charge in [-0.2, -0.15) is 0 Å². The van der Waals surface area contributed by atoms with Crippen molar-refractivity contribution in [3.63, 3.8) is 0 Å². The van der Waals surface area contributed by atoms with Crippen LogP contribution >= 0.6 is 12.4 Å². The number of carbonyl (C=O) groups is 2. The van der Waals surface area contributed by atoms with E-state index in [-0.39, 0.29) is 24.2 Å². The second-order valence-corrected chi connectivity index (χ2v) is 5.87. The Morgan fingerprint density at radius 1 is 1.04 bits per heavy atom. The summed E-state index contributed by atoms with van der Waals surface area (Å²) in [6.07, 6.45) is 1.01. The van der Waals surface area contributed by atoms with Crippen LogP contribution < -0.4 is 11.1 Å². The normalized spacial score (nSPS) is 9.84. The van der Waals surface area contributed by atoms with Gasteiger partial charge in [0, 0.05) is 38.3 Å². The highest BCUT2D eigenvalue weighted by Gasteiger charge is 2.08. The first-order valence-electron chi connectivity index (χ1n) is 7.88. The average molecular weight is 362 g/mol. The third-order valence-electron chi connectivity index (χ3n) is 3.77. The fraction of sp³-hybridized carbons (Fsp3) is 0.263. The number of halogens is 1. The van der Waals surface area contributed by atoms with Crippen LogP contribution in [-0.4, -0.2) is 30.8 Å². The van der Waals surface area contributed by atoms with Gasteiger partial charge in [-0.3, -0.25) is 9.59 Å². The summed E-state index contributed by atoms with van der Waals surface area (Å²) >= 11 is 0. The van der Waals surface area contributed by atoms with Gasteiger partial charge >= 0.3 is 0 Å². The van der Waals surface area contributed by atoms with Crippen LogP contribution in [0.4, 0.5) is 5.69 Å². The zero-order chi connectivity index (χ0) is 17.5. The van der Waals surface area contributed by atoms with E-state index in [9.17, 15) is 9.59 Å². The number of amides is 2. The number of nitrogen functional groups attached to an aromatic ring is 1. The van der Waals surface area contributed by atoms with Gasteiger partial charge in [0.25, 0.3) is 5.91 Å². The number of para-hydroxylation sites is 1. The number of rotatable bonds is 6. The summed E-state index contributed by atoms with van der Waals surface area (Å²) in [5.74, 6) is -0.0577. The van der Waals surface area contributed by atoms with Gasteiger partial charge in [0.05, 0.1) is 0 Å². The van der Waals surface area contributed by atoms with Crippen molar-refractivity contribution in [1.29, 1.82) is 0 Å². The van der Waals surface area contributed by atoms with E-state index in [2.05, 4.69) is 5.32 Å². The van der Waals surface area contributed by atoms with E-state index in [1.54, 1.807) is 26.2 Å². The van der Waals surface area contributed by atoms with Gasteiger partial charge in [-0.1, -0.05) is 30.3 Å². The molecule has 0 fully saturated rings. The predicted molar refractivity (Wildman–Crippen MR) is 103 cm³/mol. The molecule has 0 aliphatic rings. The molecule has 0 spiro atoms. The summed E-state index contributed by atoms with van der Waals surface area (Å²) < 4.78 is 0. The first kappa shape index (κ1) is 20.5. The van der Waals surface area contributed by atoms with Crippen molar-refractivity contribution in [2.75, 3.05) is 19.8 Å². The highest BCUT2D eigenvalue weighted by molar-refractivity contribution is 5.93.